The van der Waals surface area contributed by atoms with E-state index in [0.29, 0.717) is 25.9 Å². The van der Waals surface area contributed by atoms with Crippen molar-refractivity contribution in [3.8, 4) is 11.1 Å². The van der Waals surface area contributed by atoms with Gasteiger partial charge in [0.1, 0.15) is 13.1 Å². The molecule has 1 aliphatic heterocycles. The highest BCUT2D eigenvalue weighted by atomic mass is 16.4. The van der Waals surface area contributed by atoms with E-state index in [0.717, 1.165) is 38.6 Å². The van der Waals surface area contributed by atoms with Gasteiger partial charge < -0.3 is 26.4 Å². The monoisotopic (exact) mass is 602 g/mol. The number of piperidine rings is 1. The molecule has 0 bridgehead atoms. The van der Waals surface area contributed by atoms with E-state index in [2.05, 4.69) is 21.8 Å². The van der Waals surface area contributed by atoms with Crippen LogP contribution in [0.5, 0.6) is 0 Å². The van der Waals surface area contributed by atoms with Crippen molar-refractivity contribution < 1.29 is 29.1 Å². The zero-order chi connectivity index (χ0) is 31.4. The first kappa shape index (κ1) is 30.2. The summed E-state index contributed by atoms with van der Waals surface area (Å²) in [6.07, 6.45) is 3.21. The molecule has 0 spiro atoms. The summed E-state index contributed by atoms with van der Waals surface area (Å²) in [6.45, 7) is -0.0457. The summed E-state index contributed by atoms with van der Waals surface area (Å²) < 4.78 is 3.43. The van der Waals surface area contributed by atoms with Gasteiger partial charge in [0.25, 0.3) is 0 Å². The topological polar surface area (TPSA) is 195 Å². The van der Waals surface area contributed by atoms with Crippen molar-refractivity contribution in [3.05, 3.63) is 48.3 Å². The number of carboxylic acid groups (broad SMARTS) is 1. The van der Waals surface area contributed by atoms with Gasteiger partial charge in [-0.2, -0.15) is 10.2 Å². The third-order valence-electron chi connectivity index (χ3n) is 7.86. The summed E-state index contributed by atoms with van der Waals surface area (Å²) >= 11 is 0. The molecule has 0 unspecified atom stereocenters. The number of primary amides is 1. The van der Waals surface area contributed by atoms with Crippen molar-refractivity contribution in [1.29, 1.82) is 0 Å². The van der Waals surface area contributed by atoms with E-state index in [9.17, 15) is 24.0 Å². The second-order valence-electron chi connectivity index (χ2n) is 10.9. The van der Waals surface area contributed by atoms with Crippen LogP contribution in [0.3, 0.4) is 0 Å². The summed E-state index contributed by atoms with van der Waals surface area (Å²) in [5.74, 6) is -2.86. The van der Waals surface area contributed by atoms with E-state index in [-0.39, 0.29) is 37.8 Å². The van der Waals surface area contributed by atoms with Crippen LogP contribution in [0, 0.1) is 0 Å². The number of likely N-dealkylation sites (tertiary alicyclic amines) is 1. The van der Waals surface area contributed by atoms with Crippen molar-refractivity contribution >= 4 is 51.4 Å². The van der Waals surface area contributed by atoms with Gasteiger partial charge >= 0.3 is 5.97 Å². The Hall–Kier alpha value is -5.27. The number of nitrogens with two attached hydrogens (primary N) is 1. The van der Waals surface area contributed by atoms with Gasteiger partial charge in [0.05, 0.1) is 29.5 Å². The Balaban J connectivity index is 1.44. The molecule has 2 aromatic carbocycles. The lowest BCUT2D eigenvalue weighted by molar-refractivity contribution is -0.137. The number of aromatic nitrogens is 4. The minimum Gasteiger partial charge on any atom is -0.480 e. The van der Waals surface area contributed by atoms with Gasteiger partial charge in [-0.25, -0.2) is 0 Å². The predicted octanol–water partition coefficient (Wildman–Crippen LogP) is 0.879. The molecule has 14 nitrogen and oxygen atoms in total. The van der Waals surface area contributed by atoms with Crippen LogP contribution in [0.4, 0.5) is 0 Å². The van der Waals surface area contributed by atoms with E-state index in [1.165, 1.54) is 0 Å². The van der Waals surface area contributed by atoms with Crippen LogP contribution in [-0.4, -0.2) is 85.3 Å². The maximum atomic E-state index is 12.9. The van der Waals surface area contributed by atoms with Crippen LogP contribution in [-0.2, 0) is 37.6 Å². The molecule has 1 saturated heterocycles. The first-order valence-corrected chi connectivity index (χ1v) is 14.3. The molecule has 5 rings (SSSR count). The quantitative estimate of drug-likeness (QED) is 0.194. The number of hydrogen-bond donors (Lipinski definition) is 4. The zero-order valence-electron chi connectivity index (χ0n) is 24.3. The Morgan fingerprint density at radius 2 is 1.73 bits per heavy atom. The molecular weight excluding hydrogens is 568 g/mol. The first-order valence-electron chi connectivity index (χ1n) is 14.3. The molecule has 14 heteroatoms. The smallest absolute Gasteiger partial charge is 0.322 e. The minimum absolute atomic E-state index is 0.00498. The number of fused-ring (bicyclic) bond motifs is 2. The molecule has 2 aromatic heterocycles. The van der Waals surface area contributed by atoms with Gasteiger partial charge in [0.15, 0.2) is 0 Å². The van der Waals surface area contributed by atoms with E-state index in [4.69, 9.17) is 15.9 Å². The van der Waals surface area contributed by atoms with Crippen molar-refractivity contribution in [3.63, 3.8) is 0 Å². The van der Waals surface area contributed by atoms with Crippen LogP contribution >= 0.6 is 0 Å². The van der Waals surface area contributed by atoms with Crippen molar-refractivity contribution in [2.75, 3.05) is 26.2 Å². The summed E-state index contributed by atoms with van der Waals surface area (Å²) in [6, 6.07) is 11.9. The lowest BCUT2D eigenvalue weighted by Gasteiger charge is -2.31. The highest BCUT2D eigenvalue weighted by Crippen LogP contribution is 2.39. The zero-order valence-corrected chi connectivity index (χ0v) is 24.3. The van der Waals surface area contributed by atoms with E-state index < -0.39 is 30.2 Å². The van der Waals surface area contributed by atoms with Gasteiger partial charge in [0, 0.05) is 49.7 Å². The van der Waals surface area contributed by atoms with Gasteiger partial charge in [-0.05, 0) is 36.1 Å². The number of nitrogens with one attached hydrogen (secondary N) is 2. The average Bonchev–Trinajstić information content (AvgIpc) is 3.57. The predicted molar refractivity (Wildman–Crippen MR) is 160 cm³/mol. The molecule has 0 atom stereocenters. The second-order valence-corrected chi connectivity index (χ2v) is 10.9. The van der Waals surface area contributed by atoms with Crippen LogP contribution in [0.15, 0.2) is 42.6 Å². The number of amides is 4. The number of carboxylic acids is 1. The number of carbonyl (C=O) groups excluding carboxylic acids is 4. The maximum Gasteiger partial charge on any atom is 0.322 e. The Morgan fingerprint density at radius 1 is 0.977 bits per heavy atom. The number of aliphatic carboxylic acids is 1. The fourth-order valence-electron chi connectivity index (χ4n) is 5.61. The van der Waals surface area contributed by atoms with Crippen LogP contribution in [0.25, 0.3) is 32.9 Å². The Bertz CT molecular complexity index is 1750. The molecule has 5 N–H and O–H groups in total. The second kappa shape index (κ2) is 12.9. The highest BCUT2D eigenvalue weighted by molar-refractivity contribution is 6.00. The van der Waals surface area contributed by atoms with Crippen molar-refractivity contribution in [2.24, 2.45) is 12.8 Å². The molecule has 3 heterocycles. The minimum atomic E-state index is -1.18. The van der Waals surface area contributed by atoms with Crippen molar-refractivity contribution in [2.45, 2.75) is 38.1 Å². The number of carbonyl (C=O) groups is 5. The number of aryl methyl sites for hydroxylation is 1. The average molecular weight is 603 g/mol. The fourth-order valence-corrected chi connectivity index (χ4v) is 5.61. The molecule has 1 aliphatic rings. The third kappa shape index (κ3) is 6.69. The molecule has 230 valence electrons. The number of hydrogen-bond acceptors (Lipinski definition) is 7. The Labute approximate surface area is 252 Å². The molecule has 4 aromatic rings. The summed E-state index contributed by atoms with van der Waals surface area (Å²) in [4.78, 5) is 61.0. The van der Waals surface area contributed by atoms with Crippen LogP contribution in [0.1, 0.15) is 37.3 Å². The number of nitrogens with zero attached hydrogens (tertiary/aromatic N) is 5. The standard InChI is InChI=1S/C30H34N8O6/c1-36-23-13-19(5-6-20(23)14-34-36)21-3-2-4-22-29(21)30(18-9-11-37(12-10-18)27(42)8-7-24(31)39)35-38(22)17-26(41)32-15-25(40)33-16-28(43)44/h2-6,13-14,18H,7-12,15-17H2,1H3,(H2,31,39)(H,32,41)(H,33,40)(H,43,44). The largest absolute Gasteiger partial charge is 0.480 e. The molecule has 44 heavy (non-hydrogen) atoms. The number of benzene rings is 2. The van der Waals surface area contributed by atoms with Crippen LogP contribution in [0.2, 0.25) is 0 Å². The normalized spacial score (nSPS) is 13.7. The van der Waals surface area contributed by atoms with E-state index in [1.807, 2.05) is 48.3 Å². The van der Waals surface area contributed by atoms with E-state index in [1.54, 1.807) is 9.58 Å². The third-order valence-corrected chi connectivity index (χ3v) is 7.86. The number of rotatable bonds is 11. The summed E-state index contributed by atoms with van der Waals surface area (Å²) in [5, 5.41) is 24.7. The van der Waals surface area contributed by atoms with Gasteiger partial charge in [-0.3, -0.25) is 33.3 Å². The SMILES string of the molecule is Cn1ncc2ccc(-c3cccc4c3c(C3CCN(C(=O)CCC(N)=O)CC3)nn4CC(=O)NCC(=O)NCC(=O)O)cc21. The lowest BCUT2D eigenvalue weighted by Crippen LogP contribution is -2.40. The van der Waals surface area contributed by atoms with Gasteiger partial charge in [-0.1, -0.05) is 24.3 Å². The molecule has 0 aliphatic carbocycles. The molecule has 0 saturated carbocycles. The molecule has 1 fully saturated rings. The molecule has 4 amide bonds. The molecular formula is C30H34N8O6. The lowest BCUT2D eigenvalue weighted by atomic mass is 9.89. The Morgan fingerprint density at radius 3 is 2.45 bits per heavy atom. The maximum absolute atomic E-state index is 12.9. The van der Waals surface area contributed by atoms with Crippen molar-refractivity contribution in [1.82, 2.24) is 35.1 Å². The Kier molecular flexibility index (Phi) is 8.88. The first-order chi connectivity index (χ1) is 21.1. The van der Waals surface area contributed by atoms with Gasteiger partial charge in [-0.15, -0.1) is 0 Å². The fraction of sp³-hybridized carbons (Fsp3) is 0.367. The summed E-state index contributed by atoms with van der Waals surface area (Å²) in [7, 11) is 1.88. The highest BCUT2D eigenvalue weighted by Gasteiger charge is 2.29. The van der Waals surface area contributed by atoms with Gasteiger partial charge in [0.2, 0.25) is 23.6 Å². The summed E-state index contributed by atoms with van der Waals surface area (Å²) in [5.41, 5.74) is 9.65. The van der Waals surface area contributed by atoms with E-state index >= 15 is 0 Å². The molecule has 0 radical (unpaired) electrons. The van der Waals surface area contributed by atoms with Crippen LogP contribution < -0.4 is 16.4 Å².